The molecule has 0 amide bonds. The minimum Gasteiger partial charge on any atom is -0.291 e. The lowest BCUT2D eigenvalue weighted by molar-refractivity contribution is 0.516. The van der Waals surface area contributed by atoms with Gasteiger partial charge in [0.2, 0.25) is 0 Å². The van der Waals surface area contributed by atoms with Gasteiger partial charge in [-0.1, -0.05) is 30.3 Å². The van der Waals surface area contributed by atoms with E-state index in [-0.39, 0.29) is 17.8 Å². The van der Waals surface area contributed by atoms with Crippen LogP contribution in [0.4, 0.5) is 5.82 Å². The molecule has 1 heterocycles. The topological polar surface area (TPSA) is 39.3 Å². The first kappa shape index (κ1) is 17.3. The van der Waals surface area contributed by atoms with Gasteiger partial charge < -0.3 is 0 Å². The molecule has 0 saturated heterocycles. The molecule has 1 aromatic heterocycles. The first-order valence-electron chi connectivity index (χ1n) is 8.24. The summed E-state index contributed by atoms with van der Waals surface area (Å²) in [5, 5.41) is 0. The van der Waals surface area contributed by atoms with Crippen LogP contribution in [-0.4, -0.2) is 14.8 Å². The van der Waals surface area contributed by atoms with Gasteiger partial charge in [-0.15, -0.1) is 0 Å². The molecule has 0 saturated carbocycles. The Morgan fingerprint density at radius 2 is 1.57 bits per heavy atom. The Balaban J connectivity index is 2.73. The molecule has 0 aliphatic heterocycles. The molecule has 0 N–H and O–H groups in total. The van der Waals surface area contributed by atoms with E-state index in [9.17, 15) is 4.79 Å². The van der Waals surface area contributed by atoms with Crippen LogP contribution in [0.2, 0.25) is 0 Å². The van der Waals surface area contributed by atoms with Crippen molar-refractivity contribution in [1.29, 1.82) is 0 Å². The van der Waals surface area contributed by atoms with Crippen LogP contribution in [0.3, 0.4) is 0 Å². The number of hydrogen-bond acceptors (Lipinski definition) is 2. The molecule has 23 heavy (non-hydrogen) atoms. The van der Waals surface area contributed by atoms with E-state index >= 15 is 0 Å². The van der Waals surface area contributed by atoms with Gasteiger partial charge >= 0.3 is 5.69 Å². The second-order valence-corrected chi connectivity index (χ2v) is 6.70. The first-order chi connectivity index (χ1) is 10.8. The van der Waals surface area contributed by atoms with Crippen LogP contribution in [0.1, 0.15) is 64.9 Å². The Bertz CT molecular complexity index is 745. The van der Waals surface area contributed by atoms with Gasteiger partial charge in [0.05, 0.1) is 5.69 Å². The monoisotopic (exact) mass is 313 g/mol. The smallest absolute Gasteiger partial charge is 0.291 e. The predicted molar refractivity (Wildman–Crippen MR) is 97.2 cm³/mol. The molecule has 0 radical (unpaired) electrons. The van der Waals surface area contributed by atoms with Gasteiger partial charge in [0.15, 0.2) is 5.82 Å². The molecule has 4 nitrogen and oxygen atoms in total. The summed E-state index contributed by atoms with van der Waals surface area (Å²) in [5.41, 5.74) is 3.16. The van der Waals surface area contributed by atoms with Gasteiger partial charge in [0.1, 0.15) is 0 Å². The van der Waals surface area contributed by atoms with E-state index in [4.69, 9.17) is 4.99 Å². The molecule has 0 atom stereocenters. The lowest BCUT2D eigenvalue weighted by Crippen LogP contribution is -2.27. The molecule has 124 valence electrons. The maximum Gasteiger partial charge on any atom is 0.330 e. The van der Waals surface area contributed by atoms with E-state index in [1.165, 1.54) is 5.56 Å². The first-order valence-corrected chi connectivity index (χ1v) is 8.24. The molecule has 2 rings (SSSR count). The van der Waals surface area contributed by atoms with Gasteiger partial charge in [-0.3, -0.25) is 9.13 Å². The summed E-state index contributed by atoms with van der Waals surface area (Å²) < 4.78 is 3.69. The quantitative estimate of drug-likeness (QED) is 0.748. The minimum atomic E-state index is 0.0286. The average molecular weight is 313 g/mol. The highest BCUT2D eigenvalue weighted by Crippen LogP contribution is 2.27. The van der Waals surface area contributed by atoms with Crippen molar-refractivity contribution in [1.82, 2.24) is 9.13 Å². The van der Waals surface area contributed by atoms with Gasteiger partial charge in [0.25, 0.3) is 0 Å². The van der Waals surface area contributed by atoms with E-state index in [1.54, 1.807) is 0 Å². The summed E-state index contributed by atoms with van der Waals surface area (Å²) in [6.07, 6.45) is 0.708. The van der Waals surface area contributed by atoms with Crippen molar-refractivity contribution in [2.45, 2.75) is 60.0 Å². The molecular weight excluding hydrogens is 286 g/mol. The standard InChI is InChI=1S/C19H27N3O/c1-13(2)20-18-17(12-16-10-8-7-9-11-16)21(14(3)4)19(23)22(18)15(5)6/h7-11,14-15H,12H2,1-6H3. The SMILES string of the molecule is CC(C)=Nc1c(Cc2ccccc2)n(C(C)C)c(=O)n1C(C)C. The fraction of sp³-hybridized carbons (Fsp3) is 0.474. The fourth-order valence-corrected chi connectivity index (χ4v) is 2.85. The predicted octanol–water partition coefficient (Wildman–Crippen LogP) is 4.51. The van der Waals surface area contributed by atoms with Crippen molar-refractivity contribution < 1.29 is 0 Å². The van der Waals surface area contributed by atoms with E-state index in [2.05, 4.69) is 12.1 Å². The largest absolute Gasteiger partial charge is 0.330 e. The lowest BCUT2D eigenvalue weighted by Gasteiger charge is -2.11. The highest BCUT2D eigenvalue weighted by Gasteiger charge is 2.22. The summed E-state index contributed by atoms with van der Waals surface area (Å²) in [7, 11) is 0. The molecule has 4 heteroatoms. The highest BCUT2D eigenvalue weighted by atomic mass is 16.2. The van der Waals surface area contributed by atoms with Crippen molar-refractivity contribution >= 4 is 11.5 Å². The van der Waals surface area contributed by atoms with Crippen molar-refractivity contribution in [2.75, 3.05) is 0 Å². The van der Waals surface area contributed by atoms with Crippen molar-refractivity contribution in [3.05, 3.63) is 52.1 Å². The van der Waals surface area contributed by atoms with Crippen molar-refractivity contribution in [2.24, 2.45) is 4.99 Å². The second-order valence-electron chi connectivity index (χ2n) is 6.70. The number of aliphatic imine (C=N–C) groups is 1. The summed E-state index contributed by atoms with van der Waals surface area (Å²) >= 11 is 0. The lowest BCUT2D eigenvalue weighted by atomic mass is 10.1. The molecule has 0 fully saturated rings. The Hall–Kier alpha value is -2.10. The molecule has 1 aromatic carbocycles. The summed E-state index contributed by atoms with van der Waals surface area (Å²) in [6, 6.07) is 10.4. The van der Waals surface area contributed by atoms with Crippen LogP contribution in [0, 0.1) is 0 Å². The second kappa shape index (κ2) is 6.99. The van der Waals surface area contributed by atoms with Crippen LogP contribution in [-0.2, 0) is 6.42 Å². The van der Waals surface area contributed by atoms with Crippen LogP contribution >= 0.6 is 0 Å². The number of hydrogen-bond donors (Lipinski definition) is 0. The summed E-state index contributed by atoms with van der Waals surface area (Å²) in [5.74, 6) is 0.794. The molecular formula is C19H27N3O. The van der Waals surface area contributed by atoms with Crippen molar-refractivity contribution in [3.8, 4) is 0 Å². The zero-order chi connectivity index (χ0) is 17.1. The third kappa shape index (κ3) is 3.63. The molecule has 0 unspecified atom stereocenters. The van der Waals surface area contributed by atoms with Crippen LogP contribution in [0.5, 0.6) is 0 Å². The maximum atomic E-state index is 12.9. The normalized spacial score (nSPS) is 11.3. The number of nitrogens with zero attached hydrogens (tertiary/aromatic N) is 3. The van der Waals surface area contributed by atoms with Crippen molar-refractivity contribution in [3.63, 3.8) is 0 Å². The Morgan fingerprint density at radius 1 is 1.00 bits per heavy atom. The zero-order valence-corrected chi connectivity index (χ0v) is 15.0. The summed E-state index contributed by atoms with van der Waals surface area (Å²) in [6.45, 7) is 12.1. The van der Waals surface area contributed by atoms with Gasteiger partial charge in [-0.25, -0.2) is 9.79 Å². The van der Waals surface area contributed by atoms with Crippen LogP contribution in [0.15, 0.2) is 40.1 Å². The van der Waals surface area contributed by atoms with E-state index in [0.29, 0.717) is 6.42 Å². The molecule has 0 aliphatic carbocycles. The highest BCUT2D eigenvalue weighted by molar-refractivity contribution is 5.82. The Morgan fingerprint density at radius 3 is 2.04 bits per heavy atom. The third-order valence-electron chi connectivity index (χ3n) is 3.77. The third-order valence-corrected chi connectivity index (χ3v) is 3.77. The molecule has 0 aliphatic rings. The number of imidazole rings is 1. The zero-order valence-electron chi connectivity index (χ0n) is 15.0. The number of benzene rings is 1. The van der Waals surface area contributed by atoms with E-state index in [1.807, 2.05) is 68.9 Å². The maximum absolute atomic E-state index is 12.9. The molecule has 0 bridgehead atoms. The molecule has 2 aromatic rings. The Labute approximate surface area is 138 Å². The van der Waals surface area contributed by atoms with E-state index in [0.717, 1.165) is 17.2 Å². The average Bonchev–Trinajstić information content (AvgIpc) is 2.71. The van der Waals surface area contributed by atoms with Crippen LogP contribution in [0.25, 0.3) is 0 Å². The van der Waals surface area contributed by atoms with E-state index < -0.39 is 0 Å². The van der Waals surface area contributed by atoms with Gasteiger partial charge in [-0.2, -0.15) is 0 Å². The number of aromatic nitrogens is 2. The number of rotatable bonds is 5. The Kier molecular flexibility index (Phi) is 5.24. The van der Waals surface area contributed by atoms with Crippen LogP contribution < -0.4 is 5.69 Å². The molecule has 0 spiro atoms. The summed E-state index contributed by atoms with van der Waals surface area (Å²) in [4.78, 5) is 17.6. The van der Waals surface area contributed by atoms with Gasteiger partial charge in [-0.05, 0) is 47.1 Å². The van der Waals surface area contributed by atoms with Gasteiger partial charge in [0, 0.05) is 24.2 Å². The fourth-order valence-electron chi connectivity index (χ4n) is 2.85. The minimum absolute atomic E-state index is 0.0286.